The first-order valence-electron chi connectivity index (χ1n) is 12.5. The number of aromatic nitrogens is 2. The Morgan fingerprint density at radius 3 is 2.58 bits per heavy atom. The molecule has 0 aliphatic carbocycles. The molecule has 1 unspecified atom stereocenters. The van der Waals surface area contributed by atoms with Gasteiger partial charge >= 0.3 is 0 Å². The lowest BCUT2D eigenvalue weighted by Gasteiger charge is -2.35. The molecule has 0 spiro atoms. The second-order valence-electron chi connectivity index (χ2n) is 9.10. The Balaban J connectivity index is 1.57. The number of anilines is 4. The first kappa shape index (κ1) is 28.7. The number of nitrogens with zero attached hydrogens (tertiary/aromatic N) is 4. The molecule has 0 bridgehead atoms. The predicted molar refractivity (Wildman–Crippen MR) is 153 cm³/mol. The van der Waals surface area contributed by atoms with Gasteiger partial charge in [0, 0.05) is 32.9 Å². The molecule has 0 saturated carbocycles. The molecule has 2 aromatic carbocycles. The second-order valence-corrected chi connectivity index (χ2v) is 9.51. The molecule has 40 heavy (non-hydrogen) atoms. The number of likely N-dealkylation sites (N-methyl/N-ethyl adjacent to an activating group) is 1. The van der Waals surface area contributed by atoms with Crippen LogP contribution < -0.4 is 16.0 Å². The van der Waals surface area contributed by atoms with Crippen molar-refractivity contribution in [2.45, 2.75) is 6.17 Å². The summed E-state index contributed by atoms with van der Waals surface area (Å²) >= 11 is 6.37. The Bertz CT molecular complexity index is 1410. The molecule has 1 aliphatic rings. The van der Waals surface area contributed by atoms with Crippen LogP contribution in [0.2, 0.25) is 5.02 Å². The monoisotopic (exact) mass is 563 g/mol. The van der Waals surface area contributed by atoms with Crippen LogP contribution in [-0.4, -0.2) is 77.8 Å². The van der Waals surface area contributed by atoms with Crippen LogP contribution in [0.4, 0.5) is 23.1 Å². The fourth-order valence-electron chi connectivity index (χ4n) is 4.08. The highest BCUT2D eigenvalue weighted by atomic mass is 35.5. The van der Waals surface area contributed by atoms with Gasteiger partial charge in [-0.2, -0.15) is 4.98 Å². The number of halogens is 1. The molecule has 4 rings (SSSR count). The molecule has 3 N–H and O–H groups in total. The fraction of sp³-hybridized carbons (Fsp3) is 0.250. The quantitative estimate of drug-likeness (QED) is 0.193. The van der Waals surface area contributed by atoms with Gasteiger partial charge in [-0.1, -0.05) is 42.4 Å². The zero-order valence-electron chi connectivity index (χ0n) is 22.2. The van der Waals surface area contributed by atoms with Crippen LogP contribution >= 0.6 is 11.6 Å². The van der Waals surface area contributed by atoms with E-state index in [1.54, 1.807) is 24.3 Å². The van der Waals surface area contributed by atoms with Gasteiger partial charge in [-0.15, -0.1) is 0 Å². The summed E-state index contributed by atoms with van der Waals surface area (Å²) in [4.78, 5) is 49.3. The molecule has 1 aliphatic heterocycles. The molecule has 2 amide bonds. The first-order chi connectivity index (χ1) is 19.3. The molecule has 1 aromatic heterocycles. The highest BCUT2D eigenvalue weighted by molar-refractivity contribution is 6.43. The summed E-state index contributed by atoms with van der Waals surface area (Å²) in [5, 5.41) is 9.43. The van der Waals surface area contributed by atoms with Gasteiger partial charge in [-0.25, -0.2) is 4.98 Å². The third-order valence-corrected chi connectivity index (χ3v) is 6.38. The van der Waals surface area contributed by atoms with Crippen LogP contribution in [0.5, 0.6) is 0 Å². The molecular formula is C28H30ClN7O4. The number of amides is 2. The van der Waals surface area contributed by atoms with E-state index < -0.39 is 11.7 Å². The van der Waals surface area contributed by atoms with Crippen LogP contribution in [0.1, 0.15) is 22.1 Å². The van der Waals surface area contributed by atoms with Gasteiger partial charge in [0.1, 0.15) is 11.2 Å². The summed E-state index contributed by atoms with van der Waals surface area (Å²) in [5.74, 6) is -1.10. The van der Waals surface area contributed by atoms with Gasteiger partial charge in [0.15, 0.2) is 5.82 Å². The Morgan fingerprint density at radius 2 is 1.85 bits per heavy atom. The molecule has 1 atom stereocenters. The van der Waals surface area contributed by atoms with Gasteiger partial charge < -0.3 is 25.6 Å². The first-order valence-corrected chi connectivity index (χ1v) is 12.9. The van der Waals surface area contributed by atoms with E-state index in [1.807, 2.05) is 24.3 Å². The van der Waals surface area contributed by atoms with Crippen LogP contribution in [0.15, 0.2) is 67.4 Å². The number of carbonyl (C=O) groups is 3. The average Bonchev–Trinajstić information content (AvgIpc) is 2.97. The van der Waals surface area contributed by atoms with Crippen LogP contribution in [0, 0.1) is 0 Å². The van der Waals surface area contributed by atoms with E-state index in [-0.39, 0.29) is 34.4 Å². The Morgan fingerprint density at radius 1 is 1.10 bits per heavy atom. The maximum Gasteiger partial charge on any atom is 0.294 e. The zero-order valence-corrected chi connectivity index (χ0v) is 22.9. The smallest absolute Gasteiger partial charge is 0.294 e. The number of Topliss-reactive ketones (excluding diaryl/α,β-unsaturated/α-hetero) is 1. The summed E-state index contributed by atoms with van der Waals surface area (Å²) in [6.45, 7) is 6.04. The van der Waals surface area contributed by atoms with Gasteiger partial charge in [-0.3, -0.25) is 19.3 Å². The number of hydrogen-bond acceptors (Lipinski definition) is 9. The Labute approximate surface area is 237 Å². The fourth-order valence-corrected chi connectivity index (χ4v) is 4.22. The Hall–Kier alpha value is -4.32. The predicted octanol–water partition coefficient (Wildman–Crippen LogP) is 3.52. The molecule has 1 fully saturated rings. The van der Waals surface area contributed by atoms with Crippen molar-refractivity contribution >= 4 is 52.3 Å². The number of morpholine rings is 1. The van der Waals surface area contributed by atoms with E-state index >= 15 is 0 Å². The van der Waals surface area contributed by atoms with Crippen LogP contribution in [0.3, 0.4) is 0 Å². The number of rotatable bonds is 10. The molecule has 12 heteroatoms. The summed E-state index contributed by atoms with van der Waals surface area (Å²) in [6, 6.07) is 14.2. The van der Waals surface area contributed by atoms with Crippen molar-refractivity contribution < 1.29 is 19.1 Å². The molecule has 2 heterocycles. The molecule has 0 radical (unpaired) electrons. The maximum atomic E-state index is 12.7. The third kappa shape index (κ3) is 7.00. The van der Waals surface area contributed by atoms with Gasteiger partial charge in [0.2, 0.25) is 11.9 Å². The van der Waals surface area contributed by atoms with Crippen LogP contribution in [-0.2, 0) is 14.3 Å². The topological polar surface area (TPSA) is 129 Å². The molecule has 11 nitrogen and oxygen atoms in total. The molecule has 1 saturated heterocycles. The van der Waals surface area contributed by atoms with Crippen molar-refractivity contribution in [2.24, 2.45) is 0 Å². The number of para-hydroxylation sites is 1. The van der Waals surface area contributed by atoms with E-state index in [0.717, 1.165) is 5.56 Å². The molecule has 3 aromatic rings. The van der Waals surface area contributed by atoms with Gasteiger partial charge in [-0.05, 0) is 35.9 Å². The summed E-state index contributed by atoms with van der Waals surface area (Å²) in [5.41, 5.74) is 2.10. The third-order valence-electron chi connectivity index (χ3n) is 6.10. The van der Waals surface area contributed by atoms with Crippen molar-refractivity contribution in [3.05, 3.63) is 83.5 Å². The van der Waals surface area contributed by atoms with Crippen molar-refractivity contribution in [2.75, 3.05) is 51.0 Å². The minimum Gasteiger partial charge on any atom is -0.379 e. The van der Waals surface area contributed by atoms with E-state index in [0.29, 0.717) is 37.7 Å². The highest BCUT2D eigenvalue weighted by Gasteiger charge is 2.24. The lowest BCUT2D eigenvalue weighted by molar-refractivity contribution is -0.124. The van der Waals surface area contributed by atoms with E-state index in [9.17, 15) is 14.4 Å². The van der Waals surface area contributed by atoms with Crippen LogP contribution in [0.25, 0.3) is 0 Å². The average molecular weight is 564 g/mol. The normalized spacial score (nSPS) is 14.1. The molecule has 208 valence electrons. The summed E-state index contributed by atoms with van der Waals surface area (Å²) in [7, 11) is 3.03. The number of ketones is 1. The SMILES string of the molecule is C=CC(=O)NC(c1cccc(Nc2ncc(Cl)c(Nc3ccccc3C(=O)C(=O)N(C)C)n2)c1)N1CCOCC1. The lowest BCUT2D eigenvalue weighted by Crippen LogP contribution is -2.46. The second kappa shape index (κ2) is 13.2. The summed E-state index contributed by atoms with van der Waals surface area (Å²) < 4.78 is 5.47. The number of hydrogen-bond donors (Lipinski definition) is 3. The van der Waals surface area contributed by atoms with E-state index in [2.05, 4.69) is 37.4 Å². The standard InChI is InChI=1S/C28H30ClN7O4/c1-4-23(37)33-26(36-12-14-40-15-13-36)18-8-7-9-19(16-18)31-28-30-17-21(29)25(34-28)32-22-11-6-5-10-20(22)24(38)27(39)35(2)3/h4-11,16-17,26H,1,12-15H2,2-3H3,(H,33,37)(H2,30,31,32,34). The minimum atomic E-state index is -0.660. The number of ether oxygens (including phenoxy) is 1. The Kier molecular flexibility index (Phi) is 9.43. The van der Waals surface area contributed by atoms with E-state index in [1.165, 1.54) is 31.3 Å². The van der Waals surface area contributed by atoms with Crippen molar-refractivity contribution in [1.82, 2.24) is 25.1 Å². The van der Waals surface area contributed by atoms with Gasteiger partial charge in [0.25, 0.3) is 11.7 Å². The van der Waals surface area contributed by atoms with Gasteiger partial charge in [0.05, 0.1) is 30.7 Å². The summed E-state index contributed by atoms with van der Waals surface area (Å²) in [6.07, 6.45) is 2.30. The number of nitrogens with one attached hydrogen (secondary N) is 3. The lowest BCUT2D eigenvalue weighted by atomic mass is 10.1. The largest absolute Gasteiger partial charge is 0.379 e. The zero-order chi connectivity index (χ0) is 28.6. The van der Waals surface area contributed by atoms with Crippen molar-refractivity contribution in [3.63, 3.8) is 0 Å². The van der Waals surface area contributed by atoms with Crippen molar-refractivity contribution in [1.29, 1.82) is 0 Å². The van der Waals surface area contributed by atoms with Crippen molar-refractivity contribution in [3.8, 4) is 0 Å². The minimum absolute atomic E-state index is 0.189. The number of carbonyl (C=O) groups excluding carboxylic acids is 3. The maximum absolute atomic E-state index is 12.7. The molecular weight excluding hydrogens is 534 g/mol. The number of benzene rings is 2. The van der Waals surface area contributed by atoms with E-state index in [4.69, 9.17) is 16.3 Å². The highest BCUT2D eigenvalue weighted by Crippen LogP contribution is 2.28.